The Labute approximate surface area is 103 Å². The van der Waals surface area contributed by atoms with E-state index in [2.05, 4.69) is 51.1 Å². The summed E-state index contributed by atoms with van der Waals surface area (Å²) in [6.45, 7) is 0. The molecule has 1 aromatic heterocycles. The van der Waals surface area contributed by atoms with E-state index in [0.29, 0.717) is 0 Å². The Morgan fingerprint density at radius 1 is 0.882 bits per heavy atom. The molecular formula is C14H12N2S. The van der Waals surface area contributed by atoms with Crippen LogP contribution in [0.2, 0.25) is 0 Å². The van der Waals surface area contributed by atoms with Crippen LogP contribution in [0.4, 0.5) is 0 Å². The number of aromatic nitrogens is 2. The Kier molecular flexibility index (Phi) is 2.76. The van der Waals surface area contributed by atoms with E-state index < -0.39 is 0 Å². The van der Waals surface area contributed by atoms with Crippen molar-refractivity contribution in [2.75, 3.05) is 0 Å². The highest BCUT2D eigenvalue weighted by molar-refractivity contribution is 8.22. The predicted octanol–water partition coefficient (Wildman–Crippen LogP) is 3.54. The van der Waals surface area contributed by atoms with Gasteiger partial charge in [-0.25, -0.2) is 9.97 Å². The van der Waals surface area contributed by atoms with E-state index in [1.807, 2.05) is 18.2 Å². The smallest absolute Gasteiger partial charge is 0.117 e. The Hall–Kier alpha value is -1.87. The summed E-state index contributed by atoms with van der Waals surface area (Å²) >= 11 is 0. The molecule has 3 rings (SSSR count). The Morgan fingerprint density at radius 3 is 2.41 bits per heavy atom. The zero-order valence-electron chi connectivity index (χ0n) is 9.19. The minimum Gasteiger partial charge on any atom is -0.236 e. The van der Waals surface area contributed by atoms with E-state index in [0.717, 1.165) is 16.3 Å². The molecule has 0 saturated carbocycles. The molecule has 0 saturated heterocycles. The molecule has 0 aliphatic carbocycles. The van der Waals surface area contributed by atoms with Crippen LogP contribution in [0.5, 0.6) is 0 Å². The lowest BCUT2D eigenvalue weighted by atomic mass is 10.1. The third kappa shape index (κ3) is 2.15. The molecule has 1 aromatic carbocycles. The van der Waals surface area contributed by atoms with Gasteiger partial charge in [-0.2, -0.15) is 10.9 Å². The van der Waals surface area contributed by atoms with Crippen molar-refractivity contribution in [2.24, 2.45) is 0 Å². The van der Waals surface area contributed by atoms with E-state index >= 15 is 0 Å². The second-order valence-corrected chi connectivity index (χ2v) is 5.59. The van der Waals surface area contributed by atoms with Crippen LogP contribution in [0.25, 0.3) is 11.3 Å². The first-order chi connectivity index (χ1) is 8.43. The van der Waals surface area contributed by atoms with Crippen LogP contribution in [0.3, 0.4) is 0 Å². The van der Waals surface area contributed by atoms with Crippen molar-refractivity contribution < 1.29 is 0 Å². The number of allylic oxidation sites excluding steroid dienone is 2. The topological polar surface area (TPSA) is 25.8 Å². The molecule has 0 bridgehead atoms. The van der Waals surface area contributed by atoms with Gasteiger partial charge in [0.15, 0.2) is 0 Å². The normalized spacial score (nSPS) is 15.4. The first kappa shape index (κ1) is 10.3. The Bertz CT molecular complexity index is 564. The highest BCUT2D eigenvalue weighted by Gasteiger charge is 2.06. The third-order valence-corrected chi connectivity index (χ3v) is 4.35. The monoisotopic (exact) mass is 240 g/mol. The van der Waals surface area contributed by atoms with Crippen molar-refractivity contribution in [3.05, 3.63) is 65.7 Å². The highest BCUT2D eigenvalue weighted by atomic mass is 32.2. The molecular weight excluding hydrogens is 228 g/mol. The van der Waals surface area contributed by atoms with Gasteiger partial charge in [0, 0.05) is 5.56 Å². The molecule has 0 atom stereocenters. The van der Waals surface area contributed by atoms with E-state index in [9.17, 15) is 0 Å². The predicted molar refractivity (Wildman–Crippen MR) is 73.0 cm³/mol. The molecule has 0 radical (unpaired) electrons. The average molecular weight is 240 g/mol. The van der Waals surface area contributed by atoms with Crippen molar-refractivity contribution in [2.45, 2.75) is 5.03 Å². The van der Waals surface area contributed by atoms with Gasteiger partial charge >= 0.3 is 0 Å². The molecule has 84 valence electrons. The number of thiol groups is 1. The maximum Gasteiger partial charge on any atom is 0.117 e. The standard InChI is InChI=1S/C14H12N2S/c1-2-6-12(7-3-1)13-10-14(16-11-15-13)17-8-4-5-9-17/h1-11,17H. The fourth-order valence-electron chi connectivity index (χ4n) is 1.74. The minimum absolute atomic E-state index is 0.359. The summed E-state index contributed by atoms with van der Waals surface area (Å²) in [6.07, 6.45) is 5.81. The molecule has 2 heterocycles. The van der Waals surface area contributed by atoms with Crippen molar-refractivity contribution in [3.8, 4) is 11.3 Å². The van der Waals surface area contributed by atoms with Crippen LogP contribution in [0.15, 0.2) is 70.7 Å². The SMILES string of the molecule is C1=C[SH](c2cc(-c3ccccc3)ncn2)C=C1. The second kappa shape index (κ2) is 4.55. The molecule has 2 nitrogen and oxygen atoms in total. The molecule has 1 aliphatic heterocycles. The molecule has 3 heteroatoms. The molecule has 2 aromatic rings. The maximum atomic E-state index is 4.36. The molecule has 17 heavy (non-hydrogen) atoms. The molecule has 1 aliphatic rings. The maximum absolute atomic E-state index is 4.36. The van der Waals surface area contributed by atoms with E-state index in [4.69, 9.17) is 0 Å². The van der Waals surface area contributed by atoms with Crippen LogP contribution < -0.4 is 0 Å². The largest absolute Gasteiger partial charge is 0.236 e. The molecule has 0 N–H and O–H groups in total. The van der Waals surface area contributed by atoms with Gasteiger partial charge in [-0.3, -0.25) is 0 Å². The summed E-state index contributed by atoms with van der Waals surface area (Å²) < 4.78 is 0. The number of hydrogen-bond acceptors (Lipinski definition) is 2. The summed E-state index contributed by atoms with van der Waals surface area (Å²) in [7, 11) is -0.359. The first-order valence-corrected chi connectivity index (χ1v) is 6.92. The van der Waals surface area contributed by atoms with Crippen LogP contribution >= 0.6 is 10.9 Å². The number of benzene rings is 1. The second-order valence-electron chi connectivity index (χ2n) is 3.72. The zero-order valence-corrected chi connectivity index (χ0v) is 10.1. The molecule has 0 unspecified atom stereocenters. The number of hydrogen-bond donors (Lipinski definition) is 1. The lowest BCUT2D eigenvalue weighted by Gasteiger charge is -2.09. The van der Waals surface area contributed by atoms with E-state index in [1.54, 1.807) is 6.33 Å². The summed E-state index contributed by atoms with van der Waals surface area (Å²) in [5, 5.41) is 5.51. The van der Waals surface area contributed by atoms with Crippen molar-refractivity contribution in [1.82, 2.24) is 9.97 Å². The van der Waals surface area contributed by atoms with Crippen molar-refractivity contribution >= 4 is 10.9 Å². The van der Waals surface area contributed by atoms with Gasteiger partial charge in [-0.05, 0) is 16.9 Å². The van der Waals surface area contributed by atoms with Gasteiger partial charge in [0.25, 0.3) is 0 Å². The molecule has 0 fully saturated rings. The van der Waals surface area contributed by atoms with Crippen LogP contribution in [0, 0.1) is 0 Å². The fraction of sp³-hybridized carbons (Fsp3) is 0. The summed E-state index contributed by atoms with van der Waals surface area (Å²) in [6, 6.07) is 12.3. The fourth-order valence-corrected chi connectivity index (χ4v) is 3.17. The van der Waals surface area contributed by atoms with Gasteiger partial charge in [0.2, 0.25) is 0 Å². The quantitative estimate of drug-likeness (QED) is 0.641. The number of rotatable bonds is 2. The van der Waals surface area contributed by atoms with Crippen LogP contribution in [0.1, 0.15) is 0 Å². The summed E-state index contributed by atoms with van der Waals surface area (Å²) in [4.78, 5) is 8.69. The lowest BCUT2D eigenvalue weighted by Crippen LogP contribution is -1.88. The van der Waals surface area contributed by atoms with Gasteiger partial charge in [0.1, 0.15) is 6.33 Å². The lowest BCUT2D eigenvalue weighted by molar-refractivity contribution is 1.05. The highest BCUT2D eigenvalue weighted by Crippen LogP contribution is 2.41. The van der Waals surface area contributed by atoms with Crippen molar-refractivity contribution in [1.29, 1.82) is 0 Å². The van der Waals surface area contributed by atoms with E-state index in [1.165, 1.54) is 0 Å². The van der Waals surface area contributed by atoms with Gasteiger partial charge in [-0.1, -0.05) is 42.5 Å². The van der Waals surface area contributed by atoms with E-state index in [-0.39, 0.29) is 10.9 Å². The van der Waals surface area contributed by atoms with Crippen LogP contribution in [-0.2, 0) is 0 Å². The average Bonchev–Trinajstić information content (AvgIpc) is 2.94. The van der Waals surface area contributed by atoms with Crippen LogP contribution in [-0.4, -0.2) is 9.97 Å². The third-order valence-electron chi connectivity index (χ3n) is 2.59. The first-order valence-electron chi connectivity index (χ1n) is 5.44. The zero-order chi connectivity index (χ0) is 11.5. The minimum atomic E-state index is -0.359. The molecule has 0 spiro atoms. The van der Waals surface area contributed by atoms with Crippen molar-refractivity contribution in [3.63, 3.8) is 0 Å². The molecule has 0 amide bonds. The van der Waals surface area contributed by atoms with Gasteiger partial charge in [-0.15, -0.1) is 0 Å². The van der Waals surface area contributed by atoms with Gasteiger partial charge < -0.3 is 0 Å². The van der Waals surface area contributed by atoms with Gasteiger partial charge in [0.05, 0.1) is 10.7 Å². The summed E-state index contributed by atoms with van der Waals surface area (Å²) in [5.74, 6) is 0. The Balaban J connectivity index is 2.00. The Morgan fingerprint density at radius 2 is 1.65 bits per heavy atom. The number of nitrogens with zero attached hydrogens (tertiary/aromatic N) is 2. The summed E-state index contributed by atoms with van der Waals surface area (Å²) in [5.41, 5.74) is 2.13.